The number of hydrogen-bond acceptors (Lipinski definition) is 1. The lowest BCUT2D eigenvalue weighted by Gasteiger charge is -2.03. The van der Waals surface area contributed by atoms with Gasteiger partial charge in [0.25, 0.3) is 0 Å². The van der Waals surface area contributed by atoms with E-state index in [4.69, 9.17) is 0 Å². The summed E-state index contributed by atoms with van der Waals surface area (Å²) < 4.78 is 0. The minimum atomic E-state index is 1.21. The average Bonchev–Trinajstić information content (AvgIpc) is 1.90. The molecule has 0 rings (SSSR count). The van der Waals surface area contributed by atoms with Crippen molar-refractivity contribution in [3.63, 3.8) is 0 Å². The first kappa shape index (κ1) is 13.1. The highest BCUT2D eigenvalue weighted by atomic mass is 15.0. The van der Waals surface area contributed by atoms with Gasteiger partial charge in [-0.15, -0.1) is 0 Å². The summed E-state index contributed by atoms with van der Waals surface area (Å²) in [6, 6.07) is 0. The Kier molecular flexibility index (Phi) is 14.4. The third kappa shape index (κ3) is 26.5. The molecule has 0 fully saturated rings. The number of hydrogen-bond donors (Lipinski definition) is 0. The average molecular weight is 155 g/mol. The van der Waals surface area contributed by atoms with Gasteiger partial charge >= 0.3 is 0 Å². The fourth-order valence-corrected chi connectivity index (χ4v) is 0.583. The van der Waals surface area contributed by atoms with Gasteiger partial charge in [-0.25, -0.2) is 0 Å². The first-order valence-corrected chi connectivity index (χ1v) is 4.07. The van der Waals surface area contributed by atoms with Crippen LogP contribution in [0.15, 0.2) is 24.8 Å². The smallest absolute Gasteiger partial charge is 0.00275 e. The molecule has 0 aromatic rings. The standard InChI is InChI=1S/C5H13N.C5H8/c1-4-5-6(2)3;1-3-5-4-2/h4-5H2,1-3H3;3-5H,1H2,2H3/b;5-4-. The molecule has 0 atom stereocenters. The molecule has 1 nitrogen and oxygen atoms in total. The van der Waals surface area contributed by atoms with Crippen LogP contribution < -0.4 is 0 Å². The normalized spacial score (nSPS) is 9.55. The van der Waals surface area contributed by atoms with Crippen molar-refractivity contribution in [3.8, 4) is 0 Å². The molecule has 0 N–H and O–H groups in total. The van der Waals surface area contributed by atoms with Crippen LogP contribution in [0.25, 0.3) is 0 Å². The molecular formula is C10H21N. The maximum Gasteiger partial charge on any atom is -0.00275 e. The van der Waals surface area contributed by atoms with E-state index in [9.17, 15) is 0 Å². The van der Waals surface area contributed by atoms with Gasteiger partial charge in [0, 0.05) is 0 Å². The SMILES string of the molecule is C=C/C=C\C.CCCN(C)C. The van der Waals surface area contributed by atoms with Crippen LogP contribution in [0.2, 0.25) is 0 Å². The second-order valence-corrected chi connectivity index (χ2v) is 2.56. The molecule has 0 saturated carbocycles. The van der Waals surface area contributed by atoms with Gasteiger partial charge in [0.1, 0.15) is 0 Å². The largest absolute Gasteiger partial charge is 0.309 e. The Morgan fingerprint density at radius 3 is 1.91 bits per heavy atom. The Labute approximate surface area is 71.4 Å². The first-order valence-electron chi connectivity index (χ1n) is 4.07. The maximum absolute atomic E-state index is 3.46. The van der Waals surface area contributed by atoms with E-state index in [1.807, 2.05) is 19.1 Å². The molecule has 0 aromatic carbocycles. The van der Waals surface area contributed by atoms with E-state index in [1.165, 1.54) is 13.0 Å². The molecule has 0 saturated heterocycles. The molecule has 0 amide bonds. The van der Waals surface area contributed by atoms with Crippen LogP contribution >= 0.6 is 0 Å². The van der Waals surface area contributed by atoms with Gasteiger partial charge in [-0.05, 0) is 34.0 Å². The Morgan fingerprint density at radius 2 is 1.91 bits per heavy atom. The third-order valence-corrected chi connectivity index (χ3v) is 0.999. The molecule has 0 radical (unpaired) electrons. The van der Waals surface area contributed by atoms with Gasteiger partial charge in [0.15, 0.2) is 0 Å². The predicted molar refractivity (Wildman–Crippen MR) is 53.9 cm³/mol. The van der Waals surface area contributed by atoms with Gasteiger partial charge in [0.05, 0.1) is 0 Å². The van der Waals surface area contributed by atoms with Crippen LogP contribution in [0.5, 0.6) is 0 Å². The summed E-state index contributed by atoms with van der Waals surface area (Å²) >= 11 is 0. The van der Waals surface area contributed by atoms with Crippen molar-refractivity contribution in [2.75, 3.05) is 20.6 Å². The Balaban J connectivity index is 0. The molecule has 0 heterocycles. The summed E-state index contributed by atoms with van der Waals surface area (Å²) in [5.41, 5.74) is 0. The molecule has 66 valence electrons. The summed E-state index contributed by atoms with van der Waals surface area (Å²) in [6.07, 6.45) is 6.83. The van der Waals surface area contributed by atoms with Crippen molar-refractivity contribution in [2.45, 2.75) is 20.3 Å². The van der Waals surface area contributed by atoms with Crippen LogP contribution in [0, 0.1) is 0 Å². The highest BCUT2D eigenvalue weighted by molar-refractivity contribution is 4.94. The van der Waals surface area contributed by atoms with E-state index in [0.717, 1.165) is 0 Å². The molecule has 0 aliphatic heterocycles. The van der Waals surface area contributed by atoms with Crippen molar-refractivity contribution in [1.29, 1.82) is 0 Å². The zero-order valence-electron chi connectivity index (χ0n) is 8.30. The zero-order valence-corrected chi connectivity index (χ0v) is 8.30. The quantitative estimate of drug-likeness (QED) is 0.566. The van der Waals surface area contributed by atoms with Crippen molar-refractivity contribution >= 4 is 0 Å². The molecule has 0 aliphatic carbocycles. The van der Waals surface area contributed by atoms with Crippen molar-refractivity contribution in [2.24, 2.45) is 0 Å². The number of allylic oxidation sites excluding steroid dienone is 3. The minimum Gasteiger partial charge on any atom is -0.309 e. The van der Waals surface area contributed by atoms with E-state index in [2.05, 4.69) is 32.5 Å². The molecule has 0 bridgehead atoms. The van der Waals surface area contributed by atoms with Crippen LogP contribution in [-0.4, -0.2) is 25.5 Å². The molecule has 0 unspecified atom stereocenters. The van der Waals surface area contributed by atoms with Crippen molar-refractivity contribution in [1.82, 2.24) is 4.90 Å². The van der Waals surface area contributed by atoms with Gasteiger partial charge in [-0.1, -0.05) is 31.7 Å². The van der Waals surface area contributed by atoms with Crippen molar-refractivity contribution < 1.29 is 0 Å². The Hall–Kier alpha value is -0.560. The predicted octanol–water partition coefficient (Wildman–Crippen LogP) is 2.71. The lowest BCUT2D eigenvalue weighted by molar-refractivity contribution is 0.408. The number of nitrogens with zero attached hydrogens (tertiary/aromatic N) is 1. The summed E-state index contributed by atoms with van der Waals surface area (Å²) in [5, 5.41) is 0. The lowest BCUT2D eigenvalue weighted by atomic mass is 10.5. The second-order valence-electron chi connectivity index (χ2n) is 2.56. The minimum absolute atomic E-state index is 1.21. The topological polar surface area (TPSA) is 3.24 Å². The third-order valence-electron chi connectivity index (χ3n) is 0.999. The summed E-state index contributed by atoms with van der Waals surface area (Å²) in [5.74, 6) is 0. The van der Waals surface area contributed by atoms with Gasteiger partial charge < -0.3 is 4.90 Å². The van der Waals surface area contributed by atoms with Crippen LogP contribution in [0.3, 0.4) is 0 Å². The Bertz CT molecular complexity index is 93.0. The molecule has 0 aromatic heterocycles. The van der Waals surface area contributed by atoms with E-state index in [0.29, 0.717) is 0 Å². The highest BCUT2D eigenvalue weighted by Crippen LogP contribution is 1.76. The molecular weight excluding hydrogens is 134 g/mol. The second kappa shape index (κ2) is 12.1. The van der Waals surface area contributed by atoms with Gasteiger partial charge in [-0.3, -0.25) is 0 Å². The van der Waals surface area contributed by atoms with E-state index in [1.54, 1.807) is 6.08 Å². The molecule has 11 heavy (non-hydrogen) atoms. The maximum atomic E-state index is 3.46. The Morgan fingerprint density at radius 1 is 1.36 bits per heavy atom. The zero-order chi connectivity index (χ0) is 9.11. The van der Waals surface area contributed by atoms with E-state index in [-0.39, 0.29) is 0 Å². The lowest BCUT2D eigenvalue weighted by Crippen LogP contribution is -2.11. The van der Waals surface area contributed by atoms with Gasteiger partial charge in [0.2, 0.25) is 0 Å². The van der Waals surface area contributed by atoms with Crippen LogP contribution in [0.1, 0.15) is 20.3 Å². The summed E-state index contributed by atoms with van der Waals surface area (Å²) in [7, 11) is 4.17. The fraction of sp³-hybridized carbons (Fsp3) is 0.600. The summed E-state index contributed by atoms with van der Waals surface area (Å²) in [4.78, 5) is 2.18. The summed E-state index contributed by atoms with van der Waals surface area (Å²) in [6.45, 7) is 8.81. The van der Waals surface area contributed by atoms with Gasteiger partial charge in [-0.2, -0.15) is 0 Å². The van der Waals surface area contributed by atoms with Crippen LogP contribution in [0.4, 0.5) is 0 Å². The first-order chi connectivity index (χ1) is 5.18. The molecule has 0 spiro atoms. The fourth-order valence-electron chi connectivity index (χ4n) is 0.583. The monoisotopic (exact) mass is 155 g/mol. The van der Waals surface area contributed by atoms with Crippen molar-refractivity contribution in [3.05, 3.63) is 24.8 Å². The number of rotatable bonds is 3. The molecule has 1 heteroatoms. The highest BCUT2D eigenvalue weighted by Gasteiger charge is 1.79. The van der Waals surface area contributed by atoms with Crippen LogP contribution in [-0.2, 0) is 0 Å². The molecule has 0 aliphatic rings. The van der Waals surface area contributed by atoms with E-state index < -0.39 is 0 Å². The van der Waals surface area contributed by atoms with E-state index >= 15 is 0 Å².